The second kappa shape index (κ2) is 21.8. The molecule has 39 heavy (non-hydrogen) atoms. The van der Waals surface area contributed by atoms with Crippen LogP contribution in [0.3, 0.4) is 0 Å². The normalized spacial score (nSPS) is 11.7. The van der Waals surface area contributed by atoms with Crippen molar-refractivity contribution in [2.24, 2.45) is 0 Å². The van der Waals surface area contributed by atoms with E-state index in [4.69, 9.17) is 37.3 Å². The lowest BCUT2D eigenvalue weighted by atomic mass is 10.2. The number of hydrogen-bond acceptors (Lipinski definition) is 10. The molecule has 220 valence electrons. The van der Waals surface area contributed by atoms with Crippen molar-refractivity contribution in [2.75, 3.05) is 92.5 Å². The number of hydrogen-bond donors (Lipinski definition) is 0. The van der Waals surface area contributed by atoms with Crippen LogP contribution in [-0.4, -0.2) is 101 Å². The highest BCUT2D eigenvalue weighted by molar-refractivity contribution is 7.86. The fraction of sp³-hybridized carbons (Fsp3) is 0.571. The van der Waals surface area contributed by atoms with E-state index in [-0.39, 0.29) is 18.1 Å². The minimum atomic E-state index is -3.76. The molecule has 0 aliphatic rings. The Morgan fingerprint density at radius 2 is 0.872 bits per heavy atom. The summed E-state index contributed by atoms with van der Waals surface area (Å²) in [5, 5.41) is 0. The van der Waals surface area contributed by atoms with E-state index in [1.54, 1.807) is 12.1 Å². The zero-order chi connectivity index (χ0) is 27.9. The van der Waals surface area contributed by atoms with Gasteiger partial charge in [-0.3, -0.25) is 4.18 Å². The summed E-state index contributed by atoms with van der Waals surface area (Å²) in [4.78, 5) is 0.133. The van der Waals surface area contributed by atoms with E-state index >= 15 is 0 Å². The van der Waals surface area contributed by atoms with Crippen molar-refractivity contribution < 1.29 is 45.8 Å². The third kappa shape index (κ3) is 17.4. The molecule has 0 heterocycles. The van der Waals surface area contributed by atoms with E-state index < -0.39 is 10.1 Å². The van der Waals surface area contributed by atoms with E-state index in [0.717, 1.165) is 11.1 Å². The molecule has 0 saturated carbocycles. The summed E-state index contributed by atoms with van der Waals surface area (Å²) in [6.07, 6.45) is 0. The second-order valence-electron chi connectivity index (χ2n) is 8.30. The van der Waals surface area contributed by atoms with Crippen LogP contribution in [0.4, 0.5) is 0 Å². The van der Waals surface area contributed by atoms with Crippen molar-refractivity contribution in [3.05, 3.63) is 65.7 Å². The molecule has 0 aliphatic carbocycles. The minimum absolute atomic E-state index is 0.0524. The van der Waals surface area contributed by atoms with Gasteiger partial charge in [-0.25, -0.2) is 0 Å². The quantitative estimate of drug-likeness (QED) is 0.131. The van der Waals surface area contributed by atoms with Gasteiger partial charge in [0.1, 0.15) is 0 Å². The van der Waals surface area contributed by atoms with Gasteiger partial charge < -0.3 is 33.2 Å². The Kier molecular flexibility index (Phi) is 18.6. The Morgan fingerprint density at radius 3 is 1.31 bits per heavy atom. The summed E-state index contributed by atoms with van der Waals surface area (Å²) in [5.41, 5.74) is 2.13. The summed E-state index contributed by atoms with van der Waals surface area (Å²) in [7, 11) is -3.76. The SMILES string of the molecule is Cc1ccc(S(=O)(=O)OCCOCCOCCOCCOCCOCCOCCOCc2ccccc2)cc1. The van der Waals surface area contributed by atoms with Crippen molar-refractivity contribution in [3.63, 3.8) is 0 Å². The lowest BCUT2D eigenvalue weighted by molar-refractivity contribution is -0.0217. The number of ether oxygens (including phenoxy) is 7. The van der Waals surface area contributed by atoms with Crippen LogP contribution in [0.1, 0.15) is 11.1 Å². The van der Waals surface area contributed by atoms with Gasteiger partial charge in [-0.1, -0.05) is 48.0 Å². The molecule has 0 radical (unpaired) electrons. The van der Waals surface area contributed by atoms with Crippen molar-refractivity contribution in [1.29, 1.82) is 0 Å². The van der Waals surface area contributed by atoms with Crippen LogP contribution in [-0.2, 0) is 54.1 Å². The lowest BCUT2D eigenvalue weighted by Crippen LogP contribution is -2.15. The Labute approximate surface area is 232 Å². The molecular formula is C28H42O10S. The highest BCUT2D eigenvalue weighted by atomic mass is 32.2. The first kappa shape index (κ1) is 33.3. The van der Waals surface area contributed by atoms with Crippen LogP contribution in [0.25, 0.3) is 0 Å². The van der Waals surface area contributed by atoms with Gasteiger partial charge >= 0.3 is 0 Å². The van der Waals surface area contributed by atoms with Crippen LogP contribution < -0.4 is 0 Å². The Bertz CT molecular complexity index is 939. The predicted octanol–water partition coefficient (Wildman–Crippen LogP) is 3.02. The van der Waals surface area contributed by atoms with Crippen molar-refractivity contribution in [2.45, 2.75) is 18.4 Å². The first-order valence-corrected chi connectivity index (χ1v) is 14.5. The van der Waals surface area contributed by atoms with Gasteiger partial charge in [-0.15, -0.1) is 0 Å². The van der Waals surface area contributed by atoms with Crippen LogP contribution in [0.15, 0.2) is 59.5 Å². The summed E-state index contributed by atoms with van der Waals surface area (Å²) in [6, 6.07) is 16.5. The van der Waals surface area contributed by atoms with Gasteiger partial charge in [0.25, 0.3) is 10.1 Å². The molecule has 0 unspecified atom stereocenters. The second-order valence-corrected chi connectivity index (χ2v) is 9.92. The first-order chi connectivity index (χ1) is 19.1. The average Bonchev–Trinajstić information content (AvgIpc) is 2.94. The van der Waals surface area contributed by atoms with Crippen molar-refractivity contribution in [3.8, 4) is 0 Å². The number of rotatable bonds is 25. The number of aryl methyl sites for hydroxylation is 1. The van der Waals surface area contributed by atoms with E-state index in [0.29, 0.717) is 85.9 Å². The molecule has 0 N–H and O–H groups in total. The van der Waals surface area contributed by atoms with Crippen LogP contribution >= 0.6 is 0 Å². The summed E-state index contributed by atoms with van der Waals surface area (Å²) in [5.74, 6) is 0. The highest BCUT2D eigenvalue weighted by Crippen LogP contribution is 2.12. The van der Waals surface area contributed by atoms with Gasteiger partial charge in [0, 0.05) is 0 Å². The standard InChI is InChI=1S/C28H42O10S/c1-26-7-9-28(10-8-26)39(29,30)38-24-23-36-20-19-34-16-15-32-12-11-31-13-14-33-17-18-35-21-22-37-25-27-5-3-2-4-6-27/h2-10H,11-25H2,1H3. The molecule has 0 fully saturated rings. The van der Waals surface area contributed by atoms with Gasteiger partial charge in [0.15, 0.2) is 0 Å². The molecule has 0 atom stereocenters. The van der Waals surface area contributed by atoms with Crippen LogP contribution in [0.2, 0.25) is 0 Å². The van der Waals surface area contributed by atoms with Gasteiger partial charge in [0.05, 0.1) is 104 Å². The molecule has 11 heteroatoms. The van der Waals surface area contributed by atoms with Gasteiger partial charge in [-0.2, -0.15) is 8.42 Å². The Morgan fingerprint density at radius 1 is 0.487 bits per heavy atom. The third-order valence-electron chi connectivity index (χ3n) is 5.12. The van der Waals surface area contributed by atoms with Crippen LogP contribution in [0, 0.1) is 6.92 Å². The van der Waals surface area contributed by atoms with E-state index in [2.05, 4.69) is 0 Å². The molecule has 10 nitrogen and oxygen atoms in total. The maximum atomic E-state index is 12.0. The van der Waals surface area contributed by atoms with Gasteiger partial charge in [-0.05, 0) is 24.6 Å². The molecule has 2 aromatic carbocycles. The average molecular weight is 571 g/mol. The van der Waals surface area contributed by atoms with Crippen molar-refractivity contribution >= 4 is 10.1 Å². The topological polar surface area (TPSA) is 108 Å². The molecule has 0 saturated heterocycles. The predicted molar refractivity (Wildman–Crippen MR) is 145 cm³/mol. The highest BCUT2D eigenvalue weighted by Gasteiger charge is 2.14. The Balaban J connectivity index is 1.24. The third-order valence-corrected chi connectivity index (χ3v) is 6.45. The van der Waals surface area contributed by atoms with E-state index in [1.165, 1.54) is 12.1 Å². The molecule has 0 aliphatic heterocycles. The first-order valence-electron chi connectivity index (χ1n) is 13.1. The zero-order valence-corrected chi connectivity index (χ0v) is 23.6. The summed E-state index contributed by atoms with van der Waals surface area (Å²) in [6.45, 7) is 8.25. The maximum absolute atomic E-state index is 12.0. The zero-order valence-electron chi connectivity index (χ0n) is 22.8. The monoisotopic (exact) mass is 570 g/mol. The van der Waals surface area contributed by atoms with Gasteiger partial charge in [0.2, 0.25) is 0 Å². The van der Waals surface area contributed by atoms with E-state index in [9.17, 15) is 8.42 Å². The fourth-order valence-corrected chi connectivity index (χ4v) is 3.95. The van der Waals surface area contributed by atoms with Crippen LogP contribution in [0.5, 0.6) is 0 Å². The largest absolute Gasteiger partial charge is 0.377 e. The maximum Gasteiger partial charge on any atom is 0.297 e. The number of benzene rings is 2. The minimum Gasteiger partial charge on any atom is -0.377 e. The molecule has 2 aromatic rings. The lowest BCUT2D eigenvalue weighted by Gasteiger charge is -2.09. The molecule has 0 amide bonds. The molecular weight excluding hydrogens is 528 g/mol. The van der Waals surface area contributed by atoms with Crippen molar-refractivity contribution in [1.82, 2.24) is 0 Å². The summed E-state index contributed by atoms with van der Waals surface area (Å²) < 4.78 is 67.1. The molecule has 0 aromatic heterocycles. The van der Waals surface area contributed by atoms with E-state index in [1.807, 2.05) is 37.3 Å². The fourth-order valence-electron chi connectivity index (χ4n) is 3.06. The molecule has 0 spiro atoms. The smallest absolute Gasteiger partial charge is 0.297 e. The Hall–Kier alpha value is -1.93. The summed E-state index contributed by atoms with van der Waals surface area (Å²) >= 11 is 0. The molecule has 2 rings (SSSR count). The molecule has 0 bridgehead atoms.